The second-order valence-electron chi connectivity index (χ2n) is 1.87. The van der Waals surface area contributed by atoms with Crippen LogP contribution in [-0.4, -0.2) is 6.29 Å². The zero-order valence-electron chi connectivity index (χ0n) is 6.35. The molecule has 1 nitrogen and oxygen atoms in total. The van der Waals surface area contributed by atoms with Crippen molar-refractivity contribution in [3.8, 4) is 0 Å². The summed E-state index contributed by atoms with van der Waals surface area (Å²) in [5.74, 6) is 0. The summed E-state index contributed by atoms with van der Waals surface area (Å²) < 4.78 is 0. The van der Waals surface area contributed by atoms with E-state index in [0.717, 1.165) is 6.29 Å². The van der Waals surface area contributed by atoms with Crippen LogP contribution < -0.4 is 0 Å². The van der Waals surface area contributed by atoms with Crippen LogP contribution in [0.4, 0.5) is 0 Å². The fraction of sp³-hybridized carbons (Fsp3) is 0.375. The fourth-order valence-electron chi connectivity index (χ4n) is 0.0786. The number of carbonyl (C=O) groups is 1. The van der Waals surface area contributed by atoms with Gasteiger partial charge in [0.05, 0.1) is 0 Å². The minimum atomic E-state index is 0.750. The zero-order chi connectivity index (χ0) is 7.70. The van der Waals surface area contributed by atoms with E-state index in [-0.39, 0.29) is 0 Å². The molecule has 0 aliphatic rings. The van der Waals surface area contributed by atoms with E-state index < -0.39 is 0 Å². The van der Waals surface area contributed by atoms with Crippen molar-refractivity contribution in [3.63, 3.8) is 0 Å². The van der Waals surface area contributed by atoms with Gasteiger partial charge in [0.25, 0.3) is 0 Å². The monoisotopic (exact) mass is 126 g/mol. The summed E-state index contributed by atoms with van der Waals surface area (Å²) in [7, 11) is 0. The molecule has 0 radical (unpaired) electrons. The van der Waals surface area contributed by atoms with Crippen molar-refractivity contribution in [2.24, 2.45) is 0 Å². The highest BCUT2D eigenvalue weighted by atomic mass is 16.1. The largest absolute Gasteiger partial charge is 0.299 e. The lowest BCUT2D eigenvalue weighted by atomic mass is 10.4. The van der Waals surface area contributed by atoms with Crippen LogP contribution in [0.15, 0.2) is 24.3 Å². The Morgan fingerprint density at radius 2 is 1.78 bits per heavy atom. The molecule has 0 fully saturated rings. The van der Waals surface area contributed by atoms with Gasteiger partial charge in [-0.05, 0) is 26.8 Å². The van der Waals surface area contributed by atoms with Crippen molar-refractivity contribution in [2.75, 3.05) is 0 Å². The lowest BCUT2D eigenvalue weighted by Gasteiger charge is -1.65. The van der Waals surface area contributed by atoms with Gasteiger partial charge in [0.15, 0.2) is 0 Å². The first-order valence-corrected chi connectivity index (χ1v) is 2.83. The molecule has 0 saturated carbocycles. The van der Waals surface area contributed by atoms with Gasteiger partial charge in [0, 0.05) is 0 Å². The van der Waals surface area contributed by atoms with Crippen LogP contribution in [-0.2, 0) is 4.79 Å². The molecule has 0 N–H and O–H groups in total. The van der Waals surface area contributed by atoms with Crippen molar-refractivity contribution in [2.45, 2.75) is 20.8 Å². The first kappa shape index (κ1) is 11.0. The van der Waals surface area contributed by atoms with E-state index in [4.69, 9.17) is 0 Å². The number of allylic oxidation sites excluding steroid dienone is 3. The summed E-state index contributed by atoms with van der Waals surface area (Å²) >= 11 is 0. The zero-order valence-corrected chi connectivity index (χ0v) is 6.35. The van der Waals surface area contributed by atoms with Gasteiger partial charge in [-0.1, -0.05) is 11.6 Å². The highest BCUT2D eigenvalue weighted by Gasteiger charge is 1.51. The summed E-state index contributed by atoms with van der Waals surface area (Å²) in [6, 6.07) is 0. The van der Waals surface area contributed by atoms with E-state index in [1.54, 1.807) is 13.0 Å². The summed E-state index contributed by atoms with van der Waals surface area (Å²) in [6.45, 7) is 9.30. The Bertz CT molecular complexity index is 97.1. The average molecular weight is 126 g/mol. The highest BCUT2D eigenvalue weighted by Crippen LogP contribution is 1.73. The quantitative estimate of drug-likeness (QED) is 0.299. The molecule has 0 aromatic heterocycles. The Morgan fingerprint density at radius 3 is 1.78 bits per heavy atom. The fourth-order valence-corrected chi connectivity index (χ4v) is 0.0786. The predicted octanol–water partition coefficient (Wildman–Crippen LogP) is 2.34. The Kier molecular flexibility index (Phi) is 12.5. The summed E-state index contributed by atoms with van der Waals surface area (Å²) in [5.41, 5.74) is 1.17. The van der Waals surface area contributed by atoms with Crippen LogP contribution in [0, 0.1) is 0 Å². The Hall–Kier alpha value is -0.850. The third-order valence-electron chi connectivity index (χ3n) is 0.271. The maximum absolute atomic E-state index is 9.32. The van der Waals surface area contributed by atoms with Crippen LogP contribution in [0.1, 0.15) is 20.8 Å². The van der Waals surface area contributed by atoms with Crippen LogP contribution in [0.3, 0.4) is 0 Å². The normalized spacial score (nSPS) is 7.89. The van der Waals surface area contributed by atoms with Crippen molar-refractivity contribution < 1.29 is 4.79 Å². The van der Waals surface area contributed by atoms with E-state index in [9.17, 15) is 4.79 Å². The second kappa shape index (κ2) is 10.2. The van der Waals surface area contributed by atoms with Crippen LogP contribution in [0.5, 0.6) is 0 Å². The highest BCUT2D eigenvalue weighted by molar-refractivity contribution is 5.64. The molecule has 0 atom stereocenters. The number of rotatable bonds is 1. The molecule has 0 heterocycles. The van der Waals surface area contributed by atoms with Gasteiger partial charge in [-0.15, -0.1) is 6.58 Å². The van der Waals surface area contributed by atoms with E-state index >= 15 is 0 Å². The van der Waals surface area contributed by atoms with E-state index in [1.165, 1.54) is 11.6 Å². The molecular formula is C8H14O. The van der Waals surface area contributed by atoms with E-state index in [2.05, 4.69) is 6.58 Å². The van der Waals surface area contributed by atoms with Gasteiger partial charge in [-0.2, -0.15) is 0 Å². The lowest BCUT2D eigenvalue weighted by Crippen LogP contribution is -1.50. The molecule has 0 aliphatic heterocycles. The predicted molar refractivity (Wildman–Crippen MR) is 41.4 cm³/mol. The summed E-state index contributed by atoms with van der Waals surface area (Å²) in [5, 5.41) is 0. The molecule has 0 bridgehead atoms. The first-order chi connectivity index (χ1) is 4.15. The van der Waals surface area contributed by atoms with Crippen LogP contribution in [0.2, 0.25) is 0 Å². The number of hydrogen-bond donors (Lipinski definition) is 0. The van der Waals surface area contributed by atoms with E-state index in [0.29, 0.717) is 0 Å². The number of carbonyl (C=O) groups excluding carboxylic acids is 1. The molecule has 0 unspecified atom stereocenters. The van der Waals surface area contributed by atoms with E-state index in [1.807, 2.05) is 13.8 Å². The summed E-state index contributed by atoms with van der Waals surface area (Å²) in [4.78, 5) is 9.32. The minimum absolute atomic E-state index is 0.750. The van der Waals surface area contributed by atoms with Gasteiger partial charge in [-0.3, -0.25) is 4.79 Å². The molecule has 9 heavy (non-hydrogen) atoms. The van der Waals surface area contributed by atoms with Gasteiger partial charge in [0.2, 0.25) is 0 Å². The van der Waals surface area contributed by atoms with Crippen molar-refractivity contribution >= 4 is 6.29 Å². The molecule has 0 rings (SSSR count). The molecule has 1 heteroatoms. The van der Waals surface area contributed by atoms with Gasteiger partial charge < -0.3 is 0 Å². The van der Waals surface area contributed by atoms with Crippen molar-refractivity contribution in [3.05, 3.63) is 24.3 Å². The third-order valence-corrected chi connectivity index (χ3v) is 0.271. The number of hydrogen-bond acceptors (Lipinski definition) is 1. The Balaban J connectivity index is 0. The molecular weight excluding hydrogens is 112 g/mol. The molecule has 52 valence electrons. The minimum Gasteiger partial charge on any atom is -0.299 e. The Morgan fingerprint density at radius 1 is 1.44 bits per heavy atom. The van der Waals surface area contributed by atoms with Gasteiger partial charge >= 0.3 is 0 Å². The molecule has 0 spiro atoms. The number of aldehydes is 1. The van der Waals surface area contributed by atoms with Gasteiger partial charge in [0.1, 0.15) is 6.29 Å². The third kappa shape index (κ3) is 143. The summed E-state index contributed by atoms with van der Waals surface area (Å²) in [6.07, 6.45) is 3.88. The first-order valence-electron chi connectivity index (χ1n) is 2.83. The second-order valence-corrected chi connectivity index (χ2v) is 1.87. The van der Waals surface area contributed by atoms with Crippen LogP contribution in [0.25, 0.3) is 0 Å². The van der Waals surface area contributed by atoms with Crippen molar-refractivity contribution in [1.82, 2.24) is 0 Å². The standard InChI is InChI=1S/C4H6O.C4H8/c1-2-3-4-5;1-4(2)3/h2-4H,1H3;1H2,2-3H3. The SMILES string of the molecule is C=C(C)C.CC=CC=O. The Labute approximate surface area is 57.1 Å². The molecule has 0 aromatic carbocycles. The average Bonchev–Trinajstić information content (AvgIpc) is 1.66. The lowest BCUT2D eigenvalue weighted by molar-refractivity contribution is -0.104. The maximum atomic E-state index is 9.32. The molecule has 0 saturated heterocycles. The van der Waals surface area contributed by atoms with Crippen molar-refractivity contribution in [1.29, 1.82) is 0 Å². The molecule has 0 aromatic rings. The topological polar surface area (TPSA) is 17.1 Å². The molecule has 0 amide bonds. The van der Waals surface area contributed by atoms with Gasteiger partial charge in [-0.25, -0.2) is 0 Å². The maximum Gasteiger partial charge on any atom is 0.142 e. The van der Waals surface area contributed by atoms with Crippen LogP contribution >= 0.6 is 0 Å². The molecule has 0 aliphatic carbocycles. The smallest absolute Gasteiger partial charge is 0.142 e.